The van der Waals surface area contributed by atoms with Crippen molar-refractivity contribution in [3.05, 3.63) is 58.1 Å². The minimum absolute atomic E-state index is 0.0239. The molecule has 2 aromatic carbocycles. The van der Waals surface area contributed by atoms with Crippen LogP contribution in [0.1, 0.15) is 31.1 Å². The van der Waals surface area contributed by atoms with Crippen LogP contribution in [-0.4, -0.2) is 19.1 Å². The monoisotopic (exact) mass is 388 g/mol. The van der Waals surface area contributed by atoms with Crippen molar-refractivity contribution in [1.82, 2.24) is 0 Å². The van der Waals surface area contributed by atoms with Gasteiger partial charge < -0.3 is 14.9 Å². The zero-order valence-electron chi connectivity index (χ0n) is 16.1. The molecule has 0 spiro atoms. The molecule has 0 fully saturated rings. The SMILES string of the molecule is CC(C)(C)[Si](C)(C)Oc1cc(C(N)=O)ccc1Oc1ccc([N+](=O)[O-])cc1. The average Bonchev–Trinajstić information content (AvgIpc) is 2.55. The number of hydrogen-bond acceptors (Lipinski definition) is 5. The zero-order valence-corrected chi connectivity index (χ0v) is 17.1. The molecule has 0 heterocycles. The summed E-state index contributed by atoms with van der Waals surface area (Å²) in [6.07, 6.45) is 0. The zero-order chi connectivity index (χ0) is 20.4. The van der Waals surface area contributed by atoms with Gasteiger partial charge in [0.05, 0.1) is 4.92 Å². The number of nitro benzene ring substituents is 1. The van der Waals surface area contributed by atoms with E-state index < -0.39 is 19.1 Å². The van der Waals surface area contributed by atoms with Gasteiger partial charge in [-0.15, -0.1) is 0 Å². The van der Waals surface area contributed by atoms with Gasteiger partial charge in [0.15, 0.2) is 5.75 Å². The Morgan fingerprint density at radius 3 is 2.15 bits per heavy atom. The molecule has 0 bridgehead atoms. The highest BCUT2D eigenvalue weighted by molar-refractivity contribution is 6.74. The fourth-order valence-electron chi connectivity index (χ4n) is 2.02. The Bertz CT molecular complexity index is 857. The van der Waals surface area contributed by atoms with E-state index in [0.717, 1.165) is 0 Å². The van der Waals surface area contributed by atoms with Crippen LogP contribution in [0.4, 0.5) is 5.69 Å². The number of primary amides is 1. The van der Waals surface area contributed by atoms with Gasteiger partial charge in [-0.25, -0.2) is 0 Å². The summed E-state index contributed by atoms with van der Waals surface area (Å²) in [5.74, 6) is 0.708. The van der Waals surface area contributed by atoms with Gasteiger partial charge >= 0.3 is 0 Å². The van der Waals surface area contributed by atoms with Gasteiger partial charge in [-0.3, -0.25) is 14.9 Å². The van der Waals surface area contributed by atoms with E-state index in [0.29, 0.717) is 22.8 Å². The lowest BCUT2D eigenvalue weighted by atomic mass is 10.2. The van der Waals surface area contributed by atoms with Crippen LogP contribution in [0.15, 0.2) is 42.5 Å². The molecular weight excluding hydrogens is 364 g/mol. The van der Waals surface area contributed by atoms with Crippen LogP contribution < -0.4 is 14.9 Å². The standard InChI is InChI=1S/C19H24N2O5Si/c1-19(2,3)27(4,5)26-17-12-13(18(20)22)6-11-16(17)25-15-9-7-14(8-10-15)21(23)24/h6-12H,1-5H3,(H2,20,22). The number of rotatable bonds is 6. The van der Waals surface area contributed by atoms with Crippen molar-refractivity contribution in [3.63, 3.8) is 0 Å². The first-order valence-corrected chi connectivity index (χ1v) is 11.4. The topological polar surface area (TPSA) is 105 Å². The number of carbonyl (C=O) groups excluding carboxylic acids is 1. The first-order valence-electron chi connectivity index (χ1n) is 8.46. The van der Waals surface area contributed by atoms with Gasteiger partial charge in [-0.1, -0.05) is 20.8 Å². The van der Waals surface area contributed by atoms with Crippen molar-refractivity contribution in [1.29, 1.82) is 0 Å². The fraction of sp³-hybridized carbons (Fsp3) is 0.316. The average molecular weight is 388 g/mol. The molecule has 0 aromatic heterocycles. The highest BCUT2D eigenvalue weighted by atomic mass is 28.4. The molecule has 144 valence electrons. The summed E-state index contributed by atoms with van der Waals surface area (Å²) in [7, 11) is -2.20. The third kappa shape index (κ3) is 4.85. The summed E-state index contributed by atoms with van der Waals surface area (Å²) in [6, 6.07) is 10.5. The lowest BCUT2D eigenvalue weighted by Crippen LogP contribution is -2.44. The van der Waals surface area contributed by atoms with Gasteiger partial charge in [0.1, 0.15) is 11.5 Å². The van der Waals surface area contributed by atoms with Crippen molar-refractivity contribution in [2.45, 2.75) is 38.9 Å². The predicted octanol–water partition coefficient (Wildman–Crippen LogP) is 4.87. The highest BCUT2D eigenvalue weighted by Gasteiger charge is 2.39. The number of ether oxygens (including phenoxy) is 1. The molecule has 0 aliphatic heterocycles. The second-order valence-corrected chi connectivity index (χ2v) is 12.5. The molecule has 7 nitrogen and oxygen atoms in total. The molecule has 0 saturated heterocycles. The van der Waals surface area contributed by atoms with E-state index in [1.165, 1.54) is 24.3 Å². The number of amides is 1. The second-order valence-electron chi connectivity index (χ2n) is 7.74. The lowest BCUT2D eigenvalue weighted by molar-refractivity contribution is -0.384. The molecule has 1 amide bonds. The maximum atomic E-state index is 11.6. The molecule has 0 radical (unpaired) electrons. The Balaban J connectivity index is 2.40. The number of nitro groups is 1. The largest absolute Gasteiger partial charge is 0.541 e. The summed E-state index contributed by atoms with van der Waals surface area (Å²) in [4.78, 5) is 21.9. The van der Waals surface area contributed by atoms with Crippen molar-refractivity contribution in [2.75, 3.05) is 0 Å². The maximum Gasteiger partial charge on any atom is 0.269 e. The summed E-state index contributed by atoms with van der Waals surface area (Å²) in [6.45, 7) is 10.5. The summed E-state index contributed by atoms with van der Waals surface area (Å²) in [5, 5.41) is 10.7. The molecule has 27 heavy (non-hydrogen) atoms. The van der Waals surface area contributed by atoms with Crippen LogP contribution in [0.3, 0.4) is 0 Å². The van der Waals surface area contributed by atoms with Crippen molar-refractivity contribution < 1.29 is 18.9 Å². The molecule has 0 aliphatic carbocycles. The molecular formula is C19H24N2O5Si. The summed E-state index contributed by atoms with van der Waals surface area (Å²) in [5.41, 5.74) is 5.69. The second kappa shape index (κ2) is 7.40. The van der Waals surface area contributed by atoms with E-state index in [4.69, 9.17) is 14.9 Å². The van der Waals surface area contributed by atoms with Crippen LogP contribution >= 0.6 is 0 Å². The Morgan fingerprint density at radius 1 is 1.07 bits per heavy atom. The summed E-state index contributed by atoms with van der Waals surface area (Å²) >= 11 is 0. The number of nitrogens with two attached hydrogens (primary N) is 1. The first kappa shape index (κ1) is 20.4. The Labute approximate surface area is 159 Å². The number of nitrogens with zero attached hydrogens (tertiary/aromatic N) is 1. The van der Waals surface area contributed by atoms with Crippen LogP contribution in [0.5, 0.6) is 17.2 Å². The van der Waals surface area contributed by atoms with E-state index in [2.05, 4.69) is 33.9 Å². The molecule has 0 unspecified atom stereocenters. The smallest absolute Gasteiger partial charge is 0.269 e. The molecule has 2 N–H and O–H groups in total. The van der Waals surface area contributed by atoms with Crippen molar-refractivity contribution >= 4 is 19.9 Å². The lowest BCUT2D eigenvalue weighted by Gasteiger charge is -2.36. The third-order valence-corrected chi connectivity index (χ3v) is 9.02. The predicted molar refractivity (Wildman–Crippen MR) is 106 cm³/mol. The molecule has 0 saturated carbocycles. The third-order valence-electron chi connectivity index (χ3n) is 4.67. The quantitative estimate of drug-likeness (QED) is 0.432. The minimum Gasteiger partial charge on any atom is -0.541 e. The normalized spacial score (nSPS) is 11.7. The Morgan fingerprint density at radius 2 is 1.67 bits per heavy atom. The van der Waals surface area contributed by atoms with Gasteiger partial charge in [0.2, 0.25) is 5.91 Å². The van der Waals surface area contributed by atoms with Crippen LogP contribution in [0, 0.1) is 10.1 Å². The molecule has 0 aliphatic rings. The van der Waals surface area contributed by atoms with E-state index in [9.17, 15) is 14.9 Å². The number of carbonyl (C=O) groups is 1. The van der Waals surface area contributed by atoms with Crippen molar-refractivity contribution in [2.24, 2.45) is 5.73 Å². The number of benzene rings is 2. The Kier molecular flexibility index (Phi) is 5.60. The summed E-state index contributed by atoms with van der Waals surface area (Å²) < 4.78 is 12.2. The fourth-order valence-corrected chi connectivity index (χ4v) is 3.03. The van der Waals surface area contributed by atoms with E-state index >= 15 is 0 Å². The van der Waals surface area contributed by atoms with Crippen molar-refractivity contribution in [3.8, 4) is 17.2 Å². The number of hydrogen-bond donors (Lipinski definition) is 1. The first-order chi connectivity index (χ1) is 12.4. The van der Waals surface area contributed by atoms with Gasteiger partial charge in [-0.2, -0.15) is 0 Å². The van der Waals surface area contributed by atoms with Crippen LogP contribution in [0.2, 0.25) is 18.1 Å². The molecule has 2 rings (SSSR count). The van der Waals surface area contributed by atoms with Crippen LogP contribution in [-0.2, 0) is 0 Å². The molecule has 0 atom stereocenters. The molecule has 2 aromatic rings. The Hall–Kier alpha value is -2.87. The molecule has 8 heteroatoms. The van der Waals surface area contributed by atoms with E-state index in [-0.39, 0.29) is 10.7 Å². The van der Waals surface area contributed by atoms with Crippen LogP contribution in [0.25, 0.3) is 0 Å². The minimum atomic E-state index is -2.20. The van der Waals surface area contributed by atoms with E-state index in [1.807, 2.05) is 0 Å². The van der Waals surface area contributed by atoms with E-state index in [1.54, 1.807) is 18.2 Å². The highest BCUT2D eigenvalue weighted by Crippen LogP contribution is 2.41. The van der Waals surface area contributed by atoms with Gasteiger partial charge in [-0.05, 0) is 48.5 Å². The maximum absolute atomic E-state index is 11.6. The van der Waals surface area contributed by atoms with Gasteiger partial charge in [0, 0.05) is 17.7 Å². The van der Waals surface area contributed by atoms with Gasteiger partial charge in [0.25, 0.3) is 14.0 Å². The number of non-ortho nitro benzene ring substituents is 1.